The zero-order chi connectivity index (χ0) is 18.4. The van der Waals surface area contributed by atoms with E-state index in [-0.39, 0.29) is 17.7 Å². The average molecular weight is 367 g/mol. The highest BCUT2D eigenvalue weighted by molar-refractivity contribution is 6.30. The summed E-state index contributed by atoms with van der Waals surface area (Å²) in [5.74, 6) is -0.102. The number of hydrogen-bond donors (Lipinski definition) is 1. The van der Waals surface area contributed by atoms with Crippen LogP contribution in [0.25, 0.3) is 11.1 Å². The summed E-state index contributed by atoms with van der Waals surface area (Å²) < 4.78 is 0. The maximum absolute atomic E-state index is 12.4. The molecule has 0 unspecified atom stereocenters. The summed E-state index contributed by atoms with van der Waals surface area (Å²) in [6.45, 7) is 0.901. The first-order valence-corrected chi connectivity index (χ1v) is 9.54. The Labute approximate surface area is 160 Å². The minimum atomic E-state index is -0.275. The topological polar surface area (TPSA) is 52.9 Å². The third-order valence-corrected chi connectivity index (χ3v) is 5.16. The van der Waals surface area contributed by atoms with E-state index in [1.807, 2.05) is 48.5 Å². The summed E-state index contributed by atoms with van der Waals surface area (Å²) in [4.78, 5) is 12.4. The van der Waals surface area contributed by atoms with Crippen molar-refractivity contribution in [1.29, 1.82) is 5.26 Å². The highest BCUT2D eigenvalue weighted by Gasteiger charge is 2.23. The number of carbonyl (C=O) groups excluding carboxylic acids is 1. The number of nitrogens with zero attached hydrogens (tertiary/aromatic N) is 1. The predicted octanol–water partition coefficient (Wildman–Crippen LogP) is 4.79. The second kappa shape index (κ2) is 8.98. The van der Waals surface area contributed by atoms with Crippen LogP contribution in [0.2, 0.25) is 5.02 Å². The molecule has 3 rings (SSSR count). The van der Waals surface area contributed by atoms with E-state index in [1.165, 1.54) is 0 Å². The number of carbonyl (C=O) groups is 1. The number of Topliss-reactive ketones (excluding diaryl/α,β-unsaturated/α-hetero) is 1. The van der Waals surface area contributed by atoms with E-state index >= 15 is 0 Å². The molecule has 2 aromatic rings. The molecule has 0 aliphatic carbocycles. The molecule has 0 spiro atoms. The van der Waals surface area contributed by atoms with E-state index < -0.39 is 0 Å². The Balaban J connectivity index is 1.61. The van der Waals surface area contributed by atoms with Crippen molar-refractivity contribution < 1.29 is 4.79 Å². The molecule has 4 heteroatoms. The third-order valence-electron chi connectivity index (χ3n) is 4.92. The van der Waals surface area contributed by atoms with Crippen LogP contribution in [0.4, 0.5) is 0 Å². The molecule has 1 aliphatic heterocycles. The lowest BCUT2D eigenvalue weighted by Crippen LogP contribution is -2.41. The van der Waals surface area contributed by atoms with Gasteiger partial charge in [-0.3, -0.25) is 4.79 Å². The van der Waals surface area contributed by atoms with Crippen LogP contribution in [-0.4, -0.2) is 18.4 Å². The number of benzene rings is 2. The Morgan fingerprint density at radius 2 is 2.00 bits per heavy atom. The number of piperidine rings is 1. The van der Waals surface area contributed by atoms with E-state index in [2.05, 4.69) is 11.4 Å². The molecule has 0 amide bonds. The number of ketones is 1. The zero-order valence-electron chi connectivity index (χ0n) is 14.7. The van der Waals surface area contributed by atoms with E-state index in [9.17, 15) is 10.1 Å². The van der Waals surface area contributed by atoms with Crippen LogP contribution >= 0.6 is 11.6 Å². The molecule has 3 nitrogen and oxygen atoms in total. The van der Waals surface area contributed by atoms with Crippen LogP contribution < -0.4 is 5.32 Å². The van der Waals surface area contributed by atoms with Gasteiger partial charge in [0.05, 0.1) is 18.0 Å². The SMILES string of the molecule is N#C[C@@H](CC(=O)[C@@H]1CCCCN1)Cc1ccc(-c2cccc(Cl)c2)cc1. The molecule has 0 saturated carbocycles. The summed E-state index contributed by atoms with van der Waals surface area (Å²) in [7, 11) is 0. The number of halogens is 1. The van der Waals surface area contributed by atoms with Gasteiger partial charge in [-0.25, -0.2) is 0 Å². The summed E-state index contributed by atoms with van der Waals surface area (Å²) in [5.41, 5.74) is 3.23. The van der Waals surface area contributed by atoms with Crippen molar-refractivity contribution in [2.24, 2.45) is 5.92 Å². The molecule has 0 bridgehead atoms. The molecule has 1 heterocycles. The van der Waals surface area contributed by atoms with Crippen LogP contribution in [0.15, 0.2) is 48.5 Å². The van der Waals surface area contributed by atoms with Crippen molar-refractivity contribution in [3.05, 3.63) is 59.1 Å². The van der Waals surface area contributed by atoms with Gasteiger partial charge in [0, 0.05) is 11.4 Å². The van der Waals surface area contributed by atoms with Crippen LogP contribution in [-0.2, 0) is 11.2 Å². The van der Waals surface area contributed by atoms with Gasteiger partial charge in [0.25, 0.3) is 0 Å². The average Bonchev–Trinajstić information content (AvgIpc) is 2.68. The van der Waals surface area contributed by atoms with Gasteiger partial charge in [0.2, 0.25) is 0 Å². The van der Waals surface area contributed by atoms with Crippen molar-refractivity contribution in [1.82, 2.24) is 5.32 Å². The van der Waals surface area contributed by atoms with E-state index in [1.54, 1.807) is 0 Å². The first-order chi connectivity index (χ1) is 12.7. The second-order valence-electron chi connectivity index (χ2n) is 6.91. The number of hydrogen-bond acceptors (Lipinski definition) is 3. The largest absolute Gasteiger partial charge is 0.307 e. The number of rotatable bonds is 6. The normalized spacial score (nSPS) is 18.1. The van der Waals surface area contributed by atoms with Crippen molar-refractivity contribution in [3.8, 4) is 17.2 Å². The van der Waals surface area contributed by atoms with Gasteiger partial charge in [-0.1, -0.05) is 54.4 Å². The molecule has 0 radical (unpaired) electrons. The Kier molecular flexibility index (Phi) is 6.44. The Morgan fingerprint density at radius 1 is 1.19 bits per heavy atom. The second-order valence-corrected chi connectivity index (χ2v) is 7.35. The Hall–Kier alpha value is -2.15. The fourth-order valence-electron chi connectivity index (χ4n) is 3.46. The monoisotopic (exact) mass is 366 g/mol. The third kappa shape index (κ3) is 4.94. The Morgan fingerprint density at radius 3 is 2.65 bits per heavy atom. The molecular weight excluding hydrogens is 344 g/mol. The zero-order valence-corrected chi connectivity index (χ0v) is 15.5. The lowest BCUT2D eigenvalue weighted by atomic mass is 9.90. The standard InChI is InChI=1S/C22H23ClN2O/c23-20-5-3-4-19(14-20)18-9-7-16(8-10-18)12-17(15-24)13-22(26)21-6-1-2-11-25-21/h3-5,7-10,14,17,21,25H,1-2,6,11-13H2/t17-,21+/m1/s1. The van der Waals surface area contributed by atoms with E-state index in [4.69, 9.17) is 11.6 Å². The van der Waals surface area contributed by atoms with Crippen molar-refractivity contribution >= 4 is 17.4 Å². The molecule has 1 aliphatic rings. The summed E-state index contributed by atoms with van der Waals surface area (Å²) in [6.07, 6.45) is 4.04. The first kappa shape index (κ1) is 18.6. The minimum absolute atomic E-state index is 0.0650. The minimum Gasteiger partial charge on any atom is -0.307 e. The molecule has 1 fully saturated rings. The molecule has 2 aromatic carbocycles. The Bertz CT molecular complexity index is 789. The van der Waals surface area contributed by atoms with Gasteiger partial charge < -0.3 is 5.32 Å². The molecule has 0 aromatic heterocycles. The van der Waals surface area contributed by atoms with Crippen molar-refractivity contribution in [2.45, 2.75) is 38.1 Å². The molecule has 1 N–H and O–H groups in total. The molecule has 1 saturated heterocycles. The number of nitrogens with one attached hydrogen (secondary N) is 1. The van der Waals surface area contributed by atoms with Gasteiger partial charge in [-0.2, -0.15) is 5.26 Å². The molecular formula is C22H23ClN2O. The first-order valence-electron chi connectivity index (χ1n) is 9.16. The maximum Gasteiger partial charge on any atom is 0.151 e. The quantitative estimate of drug-likeness (QED) is 0.799. The van der Waals surface area contributed by atoms with Crippen LogP contribution in [0.5, 0.6) is 0 Å². The summed E-state index contributed by atoms with van der Waals surface area (Å²) in [5, 5.41) is 13.4. The van der Waals surface area contributed by atoms with Gasteiger partial charge in [-0.15, -0.1) is 0 Å². The van der Waals surface area contributed by atoms with E-state index in [0.717, 1.165) is 42.5 Å². The van der Waals surface area contributed by atoms with Crippen molar-refractivity contribution in [2.75, 3.05) is 6.54 Å². The molecule has 2 atom stereocenters. The molecule has 26 heavy (non-hydrogen) atoms. The smallest absolute Gasteiger partial charge is 0.151 e. The van der Waals surface area contributed by atoms with Gasteiger partial charge in [0.15, 0.2) is 5.78 Å². The van der Waals surface area contributed by atoms with Crippen LogP contribution in [0.3, 0.4) is 0 Å². The lowest BCUT2D eigenvalue weighted by Gasteiger charge is -2.23. The highest BCUT2D eigenvalue weighted by atomic mass is 35.5. The fourth-order valence-corrected chi connectivity index (χ4v) is 3.65. The summed E-state index contributed by atoms with van der Waals surface area (Å²) in [6, 6.07) is 18.1. The van der Waals surface area contributed by atoms with Crippen LogP contribution in [0.1, 0.15) is 31.2 Å². The lowest BCUT2D eigenvalue weighted by molar-refractivity contribution is -0.122. The summed E-state index contributed by atoms with van der Waals surface area (Å²) >= 11 is 6.05. The van der Waals surface area contributed by atoms with Gasteiger partial charge in [0.1, 0.15) is 0 Å². The van der Waals surface area contributed by atoms with Gasteiger partial charge >= 0.3 is 0 Å². The van der Waals surface area contributed by atoms with Crippen molar-refractivity contribution in [3.63, 3.8) is 0 Å². The fraction of sp³-hybridized carbons (Fsp3) is 0.364. The highest BCUT2D eigenvalue weighted by Crippen LogP contribution is 2.24. The number of nitriles is 1. The predicted molar refractivity (Wildman–Crippen MR) is 105 cm³/mol. The maximum atomic E-state index is 12.4. The van der Waals surface area contributed by atoms with Crippen LogP contribution in [0, 0.1) is 17.2 Å². The van der Waals surface area contributed by atoms with E-state index in [0.29, 0.717) is 17.9 Å². The van der Waals surface area contributed by atoms with Gasteiger partial charge in [-0.05, 0) is 54.6 Å². The molecule has 134 valence electrons.